The van der Waals surface area contributed by atoms with Crippen molar-refractivity contribution in [3.8, 4) is 0 Å². The molecule has 0 aromatic heterocycles. The van der Waals surface area contributed by atoms with Crippen molar-refractivity contribution >= 4 is 17.9 Å². The van der Waals surface area contributed by atoms with Crippen molar-refractivity contribution in [2.24, 2.45) is 11.8 Å². The van der Waals surface area contributed by atoms with Gasteiger partial charge in [-0.25, -0.2) is 0 Å². The second-order valence-electron chi connectivity index (χ2n) is 17.1. The standard InChI is InChI=1S/C48H92O6/c1-6-8-9-10-21-30-35-40-48(51)54-45(42-53-47(50)39-34-29-25-24-27-32-37-44(5)7-2)41-52-46(49)38-33-28-23-20-18-16-14-12-11-13-15-17-19-22-26-31-36-43(3)4/h43-45H,6-42H2,1-5H3/t44?,45-/m0/s1. The fourth-order valence-electron chi connectivity index (χ4n) is 7.07. The second kappa shape index (κ2) is 41.1. The summed E-state index contributed by atoms with van der Waals surface area (Å²) in [7, 11) is 0. The molecular formula is C48H92O6. The van der Waals surface area contributed by atoms with Gasteiger partial charge in [-0.05, 0) is 31.1 Å². The first-order valence-corrected chi connectivity index (χ1v) is 23.8. The van der Waals surface area contributed by atoms with Crippen LogP contribution in [0.1, 0.15) is 259 Å². The molecule has 0 amide bonds. The number of unbranched alkanes of at least 4 members (excludes halogenated alkanes) is 26. The molecule has 6 heteroatoms. The molecule has 0 heterocycles. The van der Waals surface area contributed by atoms with Gasteiger partial charge >= 0.3 is 17.9 Å². The van der Waals surface area contributed by atoms with E-state index >= 15 is 0 Å². The topological polar surface area (TPSA) is 78.9 Å². The predicted molar refractivity (Wildman–Crippen MR) is 229 cm³/mol. The molecule has 320 valence electrons. The normalized spacial score (nSPS) is 12.6. The molecule has 0 saturated heterocycles. The molecule has 54 heavy (non-hydrogen) atoms. The Bertz CT molecular complexity index is 826. The van der Waals surface area contributed by atoms with Crippen molar-refractivity contribution in [2.45, 2.75) is 265 Å². The van der Waals surface area contributed by atoms with Crippen molar-refractivity contribution < 1.29 is 28.6 Å². The third kappa shape index (κ3) is 40.1. The van der Waals surface area contributed by atoms with Gasteiger partial charge in [-0.3, -0.25) is 14.4 Å². The Morgan fingerprint density at radius 1 is 0.389 bits per heavy atom. The Labute approximate surface area is 336 Å². The van der Waals surface area contributed by atoms with Crippen LogP contribution in [-0.4, -0.2) is 37.2 Å². The zero-order chi connectivity index (χ0) is 39.7. The van der Waals surface area contributed by atoms with E-state index in [0.717, 1.165) is 69.6 Å². The molecule has 0 bridgehead atoms. The van der Waals surface area contributed by atoms with Crippen LogP contribution >= 0.6 is 0 Å². The maximum absolute atomic E-state index is 12.6. The highest BCUT2D eigenvalue weighted by Gasteiger charge is 2.19. The van der Waals surface area contributed by atoms with Crippen molar-refractivity contribution in [1.82, 2.24) is 0 Å². The van der Waals surface area contributed by atoms with Gasteiger partial charge in [0.05, 0.1) is 0 Å². The number of carbonyl (C=O) groups is 3. The molecule has 0 aliphatic rings. The lowest BCUT2D eigenvalue weighted by Gasteiger charge is -2.18. The van der Waals surface area contributed by atoms with Gasteiger partial charge in [0.25, 0.3) is 0 Å². The summed E-state index contributed by atoms with van der Waals surface area (Å²) in [6.07, 6.45) is 39.6. The highest BCUT2D eigenvalue weighted by atomic mass is 16.6. The third-order valence-corrected chi connectivity index (χ3v) is 11.1. The van der Waals surface area contributed by atoms with Crippen LogP contribution in [0.5, 0.6) is 0 Å². The van der Waals surface area contributed by atoms with Crippen LogP contribution in [-0.2, 0) is 28.6 Å². The summed E-state index contributed by atoms with van der Waals surface area (Å²) < 4.78 is 16.7. The van der Waals surface area contributed by atoms with Crippen LogP contribution < -0.4 is 0 Å². The Morgan fingerprint density at radius 3 is 1.06 bits per heavy atom. The SMILES string of the molecule is CCCCCCCCCC(=O)O[C@@H](COC(=O)CCCCCCCCCCCCCCCCCCC(C)C)COC(=O)CCCCCCCCC(C)CC. The van der Waals surface area contributed by atoms with Gasteiger partial charge in [0, 0.05) is 19.3 Å². The second-order valence-corrected chi connectivity index (χ2v) is 17.1. The molecule has 2 atom stereocenters. The first kappa shape index (κ1) is 52.4. The average molecular weight is 765 g/mol. The number of hydrogen-bond acceptors (Lipinski definition) is 6. The van der Waals surface area contributed by atoms with Gasteiger partial charge < -0.3 is 14.2 Å². The largest absolute Gasteiger partial charge is 0.462 e. The molecule has 0 aromatic carbocycles. The summed E-state index contributed by atoms with van der Waals surface area (Å²) in [6.45, 7) is 11.3. The minimum absolute atomic E-state index is 0.0655. The fourth-order valence-corrected chi connectivity index (χ4v) is 7.07. The lowest BCUT2D eigenvalue weighted by molar-refractivity contribution is -0.167. The Kier molecular flexibility index (Phi) is 39.8. The van der Waals surface area contributed by atoms with Crippen LogP contribution in [0, 0.1) is 11.8 Å². The van der Waals surface area contributed by atoms with Crippen LogP contribution in [0.2, 0.25) is 0 Å². The van der Waals surface area contributed by atoms with E-state index in [2.05, 4.69) is 34.6 Å². The maximum atomic E-state index is 12.6. The van der Waals surface area contributed by atoms with E-state index in [9.17, 15) is 14.4 Å². The molecular weight excluding hydrogens is 673 g/mol. The summed E-state index contributed by atoms with van der Waals surface area (Å²) in [4.78, 5) is 37.6. The summed E-state index contributed by atoms with van der Waals surface area (Å²) in [5.41, 5.74) is 0. The predicted octanol–water partition coefficient (Wildman–Crippen LogP) is 15.0. The molecule has 0 saturated carbocycles. The first-order valence-electron chi connectivity index (χ1n) is 23.8. The van der Waals surface area contributed by atoms with E-state index < -0.39 is 6.10 Å². The van der Waals surface area contributed by atoms with Gasteiger partial charge in [-0.1, -0.05) is 221 Å². The Hall–Kier alpha value is -1.59. The van der Waals surface area contributed by atoms with Crippen molar-refractivity contribution in [3.05, 3.63) is 0 Å². The monoisotopic (exact) mass is 765 g/mol. The zero-order valence-corrected chi connectivity index (χ0v) is 36.8. The fraction of sp³-hybridized carbons (Fsp3) is 0.938. The van der Waals surface area contributed by atoms with Gasteiger partial charge in [-0.2, -0.15) is 0 Å². The zero-order valence-electron chi connectivity index (χ0n) is 36.8. The van der Waals surface area contributed by atoms with Crippen LogP contribution in [0.15, 0.2) is 0 Å². The average Bonchev–Trinajstić information content (AvgIpc) is 3.15. The van der Waals surface area contributed by atoms with E-state index in [-0.39, 0.29) is 31.1 Å². The summed E-state index contributed by atoms with van der Waals surface area (Å²) >= 11 is 0. The van der Waals surface area contributed by atoms with Gasteiger partial charge in [0.1, 0.15) is 13.2 Å². The number of esters is 3. The van der Waals surface area contributed by atoms with E-state index in [1.807, 2.05) is 0 Å². The quantitative estimate of drug-likeness (QED) is 0.0350. The van der Waals surface area contributed by atoms with Gasteiger partial charge in [-0.15, -0.1) is 0 Å². The maximum Gasteiger partial charge on any atom is 0.306 e. The number of rotatable bonds is 42. The third-order valence-electron chi connectivity index (χ3n) is 11.1. The smallest absolute Gasteiger partial charge is 0.306 e. The molecule has 0 fully saturated rings. The van der Waals surface area contributed by atoms with E-state index in [4.69, 9.17) is 14.2 Å². The molecule has 1 unspecified atom stereocenters. The summed E-state index contributed by atoms with van der Waals surface area (Å²) in [6, 6.07) is 0. The van der Waals surface area contributed by atoms with Gasteiger partial charge in [0.2, 0.25) is 0 Å². The molecule has 6 nitrogen and oxygen atoms in total. The highest BCUT2D eigenvalue weighted by Crippen LogP contribution is 2.17. The van der Waals surface area contributed by atoms with Crippen LogP contribution in [0.3, 0.4) is 0 Å². The number of ether oxygens (including phenoxy) is 3. The lowest BCUT2D eigenvalue weighted by Crippen LogP contribution is -2.30. The summed E-state index contributed by atoms with van der Waals surface area (Å²) in [5, 5.41) is 0. The lowest BCUT2D eigenvalue weighted by atomic mass is 10.00. The number of carbonyl (C=O) groups excluding carboxylic acids is 3. The first-order chi connectivity index (χ1) is 26.3. The molecule has 0 spiro atoms. The highest BCUT2D eigenvalue weighted by molar-refractivity contribution is 5.71. The van der Waals surface area contributed by atoms with E-state index in [1.54, 1.807) is 0 Å². The Balaban J connectivity index is 4.15. The van der Waals surface area contributed by atoms with Crippen molar-refractivity contribution in [1.29, 1.82) is 0 Å². The molecule has 0 rings (SSSR count). The molecule has 0 radical (unpaired) electrons. The van der Waals surface area contributed by atoms with Crippen LogP contribution in [0.25, 0.3) is 0 Å². The molecule has 0 aliphatic carbocycles. The Morgan fingerprint density at radius 2 is 0.704 bits per heavy atom. The summed E-state index contributed by atoms with van der Waals surface area (Å²) in [5.74, 6) is 0.803. The van der Waals surface area contributed by atoms with Gasteiger partial charge in [0.15, 0.2) is 6.10 Å². The minimum Gasteiger partial charge on any atom is -0.462 e. The van der Waals surface area contributed by atoms with E-state index in [1.165, 1.54) is 148 Å². The molecule has 0 aliphatic heterocycles. The molecule has 0 aromatic rings. The number of hydrogen-bond donors (Lipinski definition) is 0. The van der Waals surface area contributed by atoms with Crippen molar-refractivity contribution in [3.63, 3.8) is 0 Å². The minimum atomic E-state index is -0.759. The van der Waals surface area contributed by atoms with E-state index in [0.29, 0.717) is 19.3 Å². The van der Waals surface area contributed by atoms with Crippen molar-refractivity contribution in [2.75, 3.05) is 13.2 Å². The van der Waals surface area contributed by atoms with Crippen LogP contribution in [0.4, 0.5) is 0 Å². The molecule has 0 N–H and O–H groups in total.